The first kappa shape index (κ1) is 12.7. The molecule has 3 unspecified atom stereocenters. The van der Waals surface area contributed by atoms with Crippen molar-refractivity contribution in [1.29, 1.82) is 0 Å². The number of ether oxygens (including phenoxy) is 1. The zero-order valence-electron chi connectivity index (χ0n) is 11.8. The number of fused-ring (bicyclic) bond motifs is 2. The molecular weight excluding hydrogens is 265 g/mol. The lowest BCUT2D eigenvalue weighted by molar-refractivity contribution is 0.122. The molecule has 0 spiro atoms. The smallest absolute Gasteiger partial charge is 0.145 e. The molecule has 1 saturated carbocycles. The summed E-state index contributed by atoms with van der Waals surface area (Å²) in [6, 6.07) is 15.7. The summed E-state index contributed by atoms with van der Waals surface area (Å²) in [7, 11) is 0. The van der Waals surface area contributed by atoms with Gasteiger partial charge in [0.05, 0.1) is 11.7 Å². The molecule has 1 heterocycles. The van der Waals surface area contributed by atoms with Crippen LogP contribution in [0.1, 0.15) is 30.7 Å². The van der Waals surface area contributed by atoms with Crippen molar-refractivity contribution < 1.29 is 9.13 Å². The second-order valence-corrected chi connectivity index (χ2v) is 5.97. The van der Waals surface area contributed by atoms with E-state index in [0.29, 0.717) is 17.7 Å². The van der Waals surface area contributed by atoms with Gasteiger partial charge in [0.15, 0.2) is 0 Å². The van der Waals surface area contributed by atoms with Gasteiger partial charge in [-0.15, -0.1) is 0 Å². The lowest BCUT2D eigenvalue weighted by Crippen LogP contribution is -2.45. The maximum Gasteiger partial charge on any atom is 0.145 e. The maximum absolute atomic E-state index is 13.3. The average molecular weight is 283 g/mol. The highest BCUT2D eigenvalue weighted by molar-refractivity contribution is 5.59. The van der Waals surface area contributed by atoms with Crippen LogP contribution < -0.4 is 10.1 Å². The highest BCUT2D eigenvalue weighted by Crippen LogP contribution is 2.41. The zero-order valence-corrected chi connectivity index (χ0v) is 11.8. The molecule has 21 heavy (non-hydrogen) atoms. The van der Waals surface area contributed by atoms with Gasteiger partial charge in [-0.3, -0.25) is 0 Å². The van der Waals surface area contributed by atoms with E-state index in [-0.39, 0.29) is 11.9 Å². The fourth-order valence-electron chi connectivity index (χ4n) is 3.54. The molecule has 1 aliphatic heterocycles. The third kappa shape index (κ3) is 2.37. The average Bonchev–Trinajstić information content (AvgIpc) is 2.53. The normalized spacial score (nSPS) is 27.0. The van der Waals surface area contributed by atoms with Crippen molar-refractivity contribution in [3.05, 3.63) is 59.9 Å². The fraction of sp³-hybridized carbons (Fsp3) is 0.333. The van der Waals surface area contributed by atoms with E-state index in [9.17, 15) is 4.39 Å². The number of nitrogens with one attached hydrogen (secondary N) is 1. The van der Waals surface area contributed by atoms with Crippen LogP contribution >= 0.6 is 0 Å². The Kier molecular flexibility index (Phi) is 3.06. The van der Waals surface area contributed by atoms with E-state index in [0.717, 1.165) is 24.9 Å². The second-order valence-electron chi connectivity index (χ2n) is 5.97. The number of rotatable bonds is 1. The third-order valence-electron chi connectivity index (χ3n) is 4.62. The topological polar surface area (TPSA) is 21.3 Å². The Hall–Kier alpha value is -2.03. The fourth-order valence-corrected chi connectivity index (χ4v) is 3.54. The highest BCUT2D eigenvalue weighted by atomic mass is 19.1. The van der Waals surface area contributed by atoms with Crippen molar-refractivity contribution in [3.63, 3.8) is 0 Å². The first-order valence-electron chi connectivity index (χ1n) is 7.57. The first-order chi connectivity index (χ1) is 10.3. The third-order valence-corrected chi connectivity index (χ3v) is 4.62. The largest absolute Gasteiger partial charge is 0.486 e. The number of halogens is 1. The van der Waals surface area contributed by atoms with Gasteiger partial charge in [-0.1, -0.05) is 30.3 Å². The van der Waals surface area contributed by atoms with Gasteiger partial charge in [0.2, 0.25) is 0 Å². The van der Waals surface area contributed by atoms with Gasteiger partial charge in [0.1, 0.15) is 17.7 Å². The minimum absolute atomic E-state index is 0.152. The van der Waals surface area contributed by atoms with Gasteiger partial charge in [0.25, 0.3) is 0 Å². The SMILES string of the molecule is Fc1ccc2c(c1)OC1CCC(c3ccccc3)CC1N2. The summed E-state index contributed by atoms with van der Waals surface area (Å²) < 4.78 is 19.3. The first-order valence-corrected chi connectivity index (χ1v) is 7.57. The molecule has 1 aliphatic carbocycles. The van der Waals surface area contributed by atoms with E-state index in [1.807, 2.05) is 0 Å². The molecule has 0 radical (unpaired) electrons. The molecule has 2 aliphatic rings. The van der Waals surface area contributed by atoms with Gasteiger partial charge in [-0.25, -0.2) is 4.39 Å². The van der Waals surface area contributed by atoms with Gasteiger partial charge < -0.3 is 10.1 Å². The number of hydrogen-bond acceptors (Lipinski definition) is 2. The summed E-state index contributed by atoms with van der Waals surface area (Å²) in [5, 5.41) is 3.53. The Morgan fingerprint density at radius 3 is 2.76 bits per heavy atom. The summed E-state index contributed by atoms with van der Waals surface area (Å²) in [6.45, 7) is 0. The molecule has 2 aromatic carbocycles. The van der Waals surface area contributed by atoms with Crippen LogP contribution in [0.3, 0.4) is 0 Å². The molecule has 0 aromatic heterocycles. The standard InChI is InChI=1S/C18H18FNO/c19-14-7-8-15-18(11-14)21-17-9-6-13(10-16(17)20-15)12-4-2-1-3-5-12/h1-5,7-8,11,13,16-17,20H,6,9-10H2. The summed E-state index contributed by atoms with van der Waals surface area (Å²) in [5.74, 6) is 0.979. The van der Waals surface area contributed by atoms with Gasteiger partial charge in [-0.2, -0.15) is 0 Å². The lowest BCUT2D eigenvalue weighted by Gasteiger charge is -2.41. The van der Waals surface area contributed by atoms with Crippen LogP contribution in [-0.4, -0.2) is 12.1 Å². The van der Waals surface area contributed by atoms with Crippen LogP contribution in [0, 0.1) is 5.82 Å². The van der Waals surface area contributed by atoms with Gasteiger partial charge >= 0.3 is 0 Å². The molecule has 1 fully saturated rings. The van der Waals surface area contributed by atoms with Crippen LogP contribution in [0.25, 0.3) is 0 Å². The Labute approximate surface area is 123 Å². The summed E-state index contributed by atoms with van der Waals surface area (Å²) >= 11 is 0. The minimum Gasteiger partial charge on any atom is -0.486 e. The molecule has 2 aromatic rings. The molecular formula is C18H18FNO. The zero-order chi connectivity index (χ0) is 14.2. The Morgan fingerprint density at radius 1 is 1.05 bits per heavy atom. The van der Waals surface area contributed by atoms with Gasteiger partial charge in [-0.05, 0) is 42.9 Å². The molecule has 4 rings (SSSR count). The Bertz CT molecular complexity index is 643. The van der Waals surface area contributed by atoms with Crippen LogP contribution in [0.2, 0.25) is 0 Å². The van der Waals surface area contributed by atoms with E-state index in [1.54, 1.807) is 6.07 Å². The summed E-state index contributed by atoms with van der Waals surface area (Å²) in [4.78, 5) is 0. The van der Waals surface area contributed by atoms with Crippen molar-refractivity contribution in [3.8, 4) is 5.75 Å². The number of benzene rings is 2. The van der Waals surface area contributed by atoms with Crippen LogP contribution in [0.15, 0.2) is 48.5 Å². The van der Waals surface area contributed by atoms with E-state index < -0.39 is 0 Å². The van der Waals surface area contributed by atoms with E-state index in [4.69, 9.17) is 4.74 Å². The molecule has 0 bridgehead atoms. The van der Waals surface area contributed by atoms with Gasteiger partial charge in [0, 0.05) is 6.07 Å². The molecule has 3 atom stereocenters. The van der Waals surface area contributed by atoms with Crippen molar-refractivity contribution in [2.45, 2.75) is 37.3 Å². The molecule has 108 valence electrons. The van der Waals surface area contributed by atoms with Crippen LogP contribution in [0.4, 0.5) is 10.1 Å². The maximum atomic E-state index is 13.3. The molecule has 1 N–H and O–H groups in total. The van der Waals surface area contributed by atoms with Crippen LogP contribution in [-0.2, 0) is 0 Å². The predicted octanol–water partition coefficient (Wildman–Crippen LogP) is 4.33. The molecule has 0 amide bonds. The van der Waals surface area contributed by atoms with E-state index in [1.165, 1.54) is 17.7 Å². The predicted molar refractivity (Wildman–Crippen MR) is 81.3 cm³/mol. The summed E-state index contributed by atoms with van der Waals surface area (Å²) in [6.07, 6.45) is 3.34. The molecule has 3 heteroatoms. The van der Waals surface area contributed by atoms with Crippen LogP contribution in [0.5, 0.6) is 5.75 Å². The summed E-state index contributed by atoms with van der Waals surface area (Å²) in [5.41, 5.74) is 2.31. The van der Waals surface area contributed by atoms with E-state index >= 15 is 0 Å². The van der Waals surface area contributed by atoms with Crippen molar-refractivity contribution in [2.24, 2.45) is 0 Å². The monoisotopic (exact) mass is 283 g/mol. The Morgan fingerprint density at radius 2 is 1.90 bits per heavy atom. The number of hydrogen-bond donors (Lipinski definition) is 1. The van der Waals surface area contributed by atoms with E-state index in [2.05, 4.69) is 35.6 Å². The molecule has 2 nitrogen and oxygen atoms in total. The second kappa shape index (κ2) is 5.06. The highest BCUT2D eigenvalue weighted by Gasteiger charge is 2.36. The minimum atomic E-state index is -0.244. The number of anilines is 1. The lowest BCUT2D eigenvalue weighted by atomic mass is 9.79. The quantitative estimate of drug-likeness (QED) is 0.841. The van der Waals surface area contributed by atoms with Crippen molar-refractivity contribution in [1.82, 2.24) is 0 Å². The van der Waals surface area contributed by atoms with Crippen molar-refractivity contribution in [2.75, 3.05) is 5.32 Å². The Balaban J connectivity index is 1.56. The van der Waals surface area contributed by atoms with Crippen molar-refractivity contribution >= 4 is 5.69 Å². The molecule has 0 saturated heterocycles.